The van der Waals surface area contributed by atoms with Crippen molar-refractivity contribution >= 4 is 11.6 Å². The Kier molecular flexibility index (Phi) is 3.36. The Morgan fingerprint density at radius 3 is 2.36 bits per heavy atom. The van der Waals surface area contributed by atoms with Crippen molar-refractivity contribution in [2.24, 2.45) is 0 Å². The molecule has 0 radical (unpaired) electrons. The number of hydrogen-bond acceptors (Lipinski definition) is 5. The molecule has 2 N–H and O–H groups in total. The predicted octanol–water partition coefficient (Wildman–Crippen LogP) is 2.03. The first kappa shape index (κ1) is 16.0. The molecule has 0 aromatic heterocycles. The van der Waals surface area contributed by atoms with E-state index in [1.54, 1.807) is 38.1 Å². The van der Waals surface area contributed by atoms with Crippen molar-refractivity contribution in [3.05, 3.63) is 63.7 Å². The van der Waals surface area contributed by atoms with Crippen molar-refractivity contribution in [2.75, 3.05) is 0 Å². The summed E-state index contributed by atoms with van der Waals surface area (Å²) in [6.07, 6.45) is -0.227. The Labute approximate surface area is 144 Å². The van der Waals surface area contributed by atoms with Gasteiger partial charge in [0.2, 0.25) is 0 Å². The van der Waals surface area contributed by atoms with E-state index in [0.717, 1.165) is 0 Å². The molecule has 0 spiro atoms. The zero-order chi connectivity index (χ0) is 17.9. The fourth-order valence-corrected chi connectivity index (χ4v) is 3.60. The Bertz CT molecular complexity index is 920. The summed E-state index contributed by atoms with van der Waals surface area (Å²) < 4.78 is 5.86. The minimum atomic E-state index is -1.11. The molecule has 1 heterocycles. The third kappa shape index (κ3) is 2.23. The van der Waals surface area contributed by atoms with E-state index in [1.807, 2.05) is 0 Å². The van der Waals surface area contributed by atoms with Crippen LogP contribution in [0.1, 0.15) is 56.8 Å². The highest BCUT2D eigenvalue weighted by molar-refractivity contribution is 6.29. The average Bonchev–Trinajstić information content (AvgIpc) is 3.04. The third-order valence-corrected chi connectivity index (χ3v) is 4.95. The maximum atomic E-state index is 13.0. The molecule has 0 bridgehead atoms. The summed E-state index contributed by atoms with van der Waals surface area (Å²) in [6, 6.07) is 8.28. The van der Waals surface area contributed by atoms with E-state index in [0.29, 0.717) is 45.6 Å². The lowest BCUT2D eigenvalue weighted by Crippen LogP contribution is -2.39. The predicted molar refractivity (Wildman–Crippen MR) is 90.1 cm³/mol. The van der Waals surface area contributed by atoms with Crippen molar-refractivity contribution in [3.63, 3.8) is 0 Å². The molecule has 2 aromatic carbocycles. The van der Waals surface area contributed by atoms with Crippen LogP contribution in [0.2, 0.25) is 0 Å². The molecule has 5 nitrogen and oxygen atoms in total. The second kappa shape index (κ2) is 5.25. The number of rotatable bonds is 2. The molecular formula is C20H18O5. The van der Waals surface area contributed by atoms with Gasteiger partial charge >= 0.3 is 0 Å². The summed E-state index contributed by atoms with van der Waals surface area (Å²) in [5.41, 5.74) is 1.34. The number of aliphatic hydroxyl groups excluding tert-OH is 1. The van der Waals surface area contributed by atoms with Crippen LogP contribution in [-0.4, -0.2) is 33.5 Å². The Morgan fingerprint density at radius 2 is 1.76 bits per heavy atom. The van der Waals surface area contributed by atoms with Crippen molar-refractivity contribution in [1.82, 2.24) is 0 Å². The van der Waals surface area contributed by atoms with E-state index in [9.17, 15) is 19.8 Å². The van der Waals surface area contributed by atoms with Gasteiger partial charge in [0.25, 0.3) is 0 Å². The molecule has 0 fully saturated rings. The van der Waals surface area contributed by atoms with Gasteiger partial charge in [0.05, 0.1) is 12.2 Å². The average molecular weight is 338 g/mol. The largest absolute Gasteiger partial charge is 0.486 e. The first-order valence-corrected chi connectivity index (χ1v) is 8.20. The number of ketones is 2. The molecule has 1 aliphatic carbocycles. The fraction of sp³-hybridized carbons (Fsp3) is 0.300. The number of ether oxygens (including phenoxy) is 1. The van der Waals surface area contributed by atoms with Gasteiger partial charge in [0.1, 0.15) is 11.9 Å². The number of fused-ring (bicyclic) bond motifs is 4. The molecule has 2 aliphatic rings. The SMILES string of the molecule is CC(C)(O)C1Cc2c(c(CO)cc3c2C(=O)c2ccccc2C3=O)O1. The summed E-state index contributed by atoms with van der Waals surface area (Å²) in [7, 11) is 0. The van der Waals surface area contributed by atoms with E-state index in [2.05, 4.69) is 0 Å². The molecular weight excluding hydrogens is 320 g/mol. The van der Waals surface area contributed by atoms with Crippen LogP contribution in [0.5, 0.6) is 5.75 Å². The van der Waals surface area contributed by atoms with Crippen molar-refractivity contribution < 1.29 is 24.5 Å². The second-order valence-corrected chi connectivity index (χ2v) is 7.09. The Morgan fingerprint density at radius 1 is 1.12 bits per heavy atom. The van der Waals surface area contributed by atoms with Crippen molar-refractivity contribution in [3.8, 4) is 5.75 Å². The molecule has 0 saturated carbocycles. The van der Waals surface area contributed by atoms with Gasteiger partial charge in [-0.1, -0.05) is 24.3 Å². The number of carbonyl (C=O) groups excluding carboxylic acids is 2. The third-order valence-electron chi connectivity index (χ3n) is 4.95. The monoisotopic (exact) mass is 338 g/mol. The molecule has 2 aromatic rings. The van der Waals surface area contributed by atoms with E-state index < -0.39 is 11.7 Å². The number of benzene rings is 2. The van der Waals surface area contributed by atoms with E-state index in [4.69, 9.17) is 4.74 Å². The molecule has 1 aliphatic heterocycles. The minimum absolute atomic E-state index is 0.217. The van der Waals surface area contributed by atoms with Gasteiger partial charge in [-0.3, -0.25) is 9.59 Å². The van der Waals surface area contributed by atoms with Gasteiger partial charge in [0.15, 0.2) is 11.6 Å². The summed E-state index contributed by atoms with van der Waals surface area (Å²) in [6.45, 7) is 2.96. The molecule has 1 unspecified atom stereocenters. The molecule has 4 rings (SSSR count). The van der Waals surface area contributed by atoms with Gasteiger partial charge < -0.3 is 14.9 Å². The zero-order valence-electron chi connectivity index (χ0n) is 14.0. The lowest BCUT2D eigenvalue weighted by Gasteiger charge is -2.24. The van der Waals surface area contributed by atoms with Crippen LogP contribution in [0.15, 0.2) is 30.3 Å². The van der Waals surface area contributed by atoms with E-state index >= 15 is 0 Å². The van der Waals surface area contributed by atoms with Crippen LogP contribution in [0.25, 0.3) is 0 Å². The first-order valence-electron chi connectivity index (χ1n) is 8.20. The van der Waals surface area contributed by atoms with Crippen LogP contribution < -0.4 is 4.74 Å². The van der Waals surface area contributed by atoms with Crippen LogP contribution in [0.3, 0.4) is 0 Å². The highest BCUT2D eigenvalue weighted by atomic mass is 16.5. The summed E-state index contributed by atoms with van der Waals surface area (Å²) >= 11 is 0. The highest BCUT2D eigenvalue weighted by Gasteiger charge is 2.41. The minimum Gasteiger partial charge on any atom is -0.486 e. The molecule has 0 amide bonds. The second-order valence-electron chi connectivity index (χ2n) is 7.09. The lowest BCUT2D eigenvalue weighted by molar-refractivity contribution is -0.0235. The molecule has 128 valence electrons. The van der Waals surface area contributed by atoms with Gasteiger partial charge in [-0.2, -0.15) is 0 Å². The topological polar surface area (TPSA) is 83.8 Å². The molecule has 5 heteroatoms. The maximum absolute atomic E-state index is 13.0. The van der Waals surface area contributed by atoms with Gasteiger partial charge in [-0.15, -0.1) is 0 Å². The smallest absolute Gasteiger partial charge is 0.194 e. The van der Waals surface area contributed by atoms with Gasteiger partial charge in [-0.25, -0.2) is 0 Å². The number of hydrogen-bond donors (Lipinski definition) is 2. The van der Waals surface area contributed by atoms with Gasteiger partial charge in [-0.05, 0) is 19.9 Å². The van der Waals surface area contributed by atoms with Crippen molar-refractivity contribution in [2.45, 2.75) is 38.6 Å². The van der Waals surface area contributed by atoms with E-state index in [-0.39, 0.29) is 18.2 Å². The molecule has 1 atom stereocenters. The fourth-order valence-electron chi connectivity index (χ4n) is 3.60. The number of aliphatic hydroxyl groups is 2. The zero-order valence-corrected chi connectivity index (χ0v) is 14.0. The van der Waals surface area contributed by atoms with Crippen LogP contribution in [-0.2, 0) is 13.0 Å². The Hall–Kier alpha value is -2.50. The highest BCUT2D eigenvalue weighted by Crippen LogP contribution is 2.43. The quantitative estimate of drug-likeness (QED) is 0.747. The summed E-state index contributed by atoms with van der Waals surface area (Å²) in [5.74, 6) is -0.0331. The number of carbonyl (C=O) groups is 2. The molecule has 0 saturated heterocycles. The standard InChI is InChI=1S/C20H18O5/c1-20(2,24)15-8-14-16-13(7-10(9-21)19(14)25-15)17(22)11-5-3-4-6-12(11)18(16)23/h3-7,15,21,24H,8-9H2,1-2H3. The molecule has 25 heavy (non-hydrogen) atoms. The van der Waals surface area contributed by atoms with Gasteiger partial charge in [0, 0.05) is 39.8 Å². The summed E-state index contributed by atoms with van der Waals surface area (Å²) in [5, 5.41) is 20.0. The van der Waals surface area contributed by atoms with Crippen LogP contribution in [0, 0.1) is 0 Å². The van der Waals surface area contributed by atoms with E-state index in [1.165, 1.54) is 6.07 Å². The normalized spacial score (nSPS) is 18.5. The Balaban J connectivity index is 1.96. The van der Waals surface area contributed by atoms with Crippen LogP contribution >= 0.6 is 0 Å². The maximum Gasteiger partial charge on any atom is 0.194 e. The first-order chi connectivity index (χ1) is 11.8. The van der Waals surface area contributed by atoms with Crippen molar-refractivity contribution in [1.29, 1.82) is 0 Å². The van der Waals surface area contributed by atoms with Crippen LogP contribution in [0.4, 0.5) is 0 Å². The summed E-state index contributed by atoms with van der Waals surface area (Å²) in [4.78, 5) is 25.9. The lowest BCUT2D eigenvalue weighted by atomic mass is 9.79.